The zero-order valence-electron chi connectivity index (χ0n) is 68.3. The fraction of sp³-hybridized carbons (Fsp3) is 0.840. The number of aldehydes is 1. The Hall–Kier alpha value is -5.65. The highest BCUT2D eigenvalue weighted by Gasteiger charge is 2.49. The second-order valence-corrected chi connectivity index (χ2v) is 41.4. The molecule has 13 atom stereocenters. The topological polar surface area (TPSA) is 300 Å². The van der Waals surface area contributed by atoms with Crippen LogP contribution in [0.3, 0.4) is 0 Å². The van der Waals surface area contributed by atoms with E-state index in [0.29, 0.717) is 36.3 Å². The predicted octanol–water partition coefficient (Wildman–Crippen LogP) is 8.08. The van der Waals surface area contributed by atoms with Crippen molar-refractivity contribution in [3.8, 4) is 0 Å². The van der Waals surface area contributed by atoms with Crippen LogP contribution >= 0.6 is 0 Å². The van der Waals surface area contributed by atoms with Gasteiger partial charge < -0.3 is 64.2 Å². The maximum absolute atomic E-state index is 16.2. The van der Waals surface area contributed by atoms with Crippen LogP contribution in [0.2, 0.25) is 36.3 Å². The van der Waals surface area contributed by atoms with Gasteiger partial charge in [-0.05, 0) is 137 Å². The molecule has 0 bridgehead atoms. The summed E-state index contributed by atoms with van der Waals surface area (Å²) in [6, 6.07) is -7.56. The van der Waals surface area contributed by atoms with Gasteiger partial charge in [0.1, 0.15) is 54.6 Å². The lowest BCUT2D eigenvalue weighted by molar-refractivity contribution is -0.166. The van der Waals surface area contributed by atoms with E-state index in [9.17, 15) is 33.6 Å². The number of Topliss-reactive ketones (excluding diaryl/α,β-unsaturated/α-hetero) is 1. The normalized spacial score (nSPS) is 25.2. The second kappa shape index (κ2) is 43.7. The molecule has 4 N–H and O–H groups in total. The van der Waals surface area contributed by atoms with E-state index in [4.69, 9.17) is 13.6 Å². The van der Waals surface area contributed by atoms with Crippen molar-refractivity contribution in [1.29, 1.82) is 0 Å². The van der Waals surface area contributed by atoms with Gasteiger partial charge in [-0.3, -0.25) is 52.8 Å². The molecule has 1 fully saturated rings. The number of ether oxygens (including phenoxy) is 1. The number of nitrogens with zero attached hydrogens (tertiary/aromatic N) is 6. The van der Waals surface area contributed by atoms with Crippen molar-refractivity contribution in [3.05, 3.63) is 0 Å². The lowest BCUT2D eigenvalue weighted by Crippen LogP contribution is -2.66. The number of carbonyl (C=O) groups is 12. The van der Waals surface area contributed by atoms with Gasteiger partial charge in [-0.15, -0.1) is 0 Å². The zero-order chi connectivity index (χ0) is 78.9. The van der Waals surface area contributed by atoms with Crippen molar-refractivity contribution in [1.82, 2.24) is 50.7 Å². The summed E-state index contributed by atoms with van der Waals surface area (Å²) in [6.07, 6.45) is -2.20. The molecule has 102 heavy (non-hydrogen) atoms. The largest absolute Gasteiger partial charge is 0.450 e. The number of hydrogen-bond acceptors (Lipinski definition) is 16. The summed E-state index contributed by atoms with van der Waals surface area (Å²) in [5.41, 5.74) is 0. The van der Waals surface area contributed by atoms with E-state index in [1.165, 1.54) is 66.7 Å². The van der Waals surface area contributed by atoms with E-state index in [0.717, 1.165) is 6.29 Å². The Labute approximate surface area is 616 Å². The minimum atomic E-state index is -2.77. The predicted molar refractivity (Wildman–Crippen MR) is 405 cm³/mol. The molecule has 0 aliphatic carbocycles. The number of rotatable bonds is 27. The summed E-state index contributed by atoms with van der Waals surface area (Å²) in [4.78, 5) is 187. The molecule has 0 radical (unpaired) electrons. The van der Waals surface area contributed by atoms with Crippen molar-refractivity contribution >= 4 is 87.8 Å². The van der Waals surface area contributed by atoms with Gasteiger partial charge >= 0.3 is 5.97 Å². The van der Waals surface area contributed by atoms with E-state index >= 15 is 24.0 Å². The van der Waals surface area contributed by atoms with Crippen LogP contribution in [0.15, 0.2) is 0 Å². The molecule has 0 saturated carbocycles. The molecule has 0 unspecified atom stereocenters. The number of amides is 9. The van der Waals surface area contributed by atoms with Crippen molar-refractivity contribution < 1.29 is 71.1 Å². The molecule has 25 nitrogen and oxygen atoms in total. The molecule has 1 heterocycles. The van der Waals surface area contributed by atoms with Crippen LogP contribution < -0.4 is 21.3 Å². The van der Waals surface area contributed by atoms with Gasteiger partial charge in [0.05, 0.1) is 31.3 Å². The molecular weight excluding hydrogens is 1340 g/mol. The molecule has 9 amide bonds. The highest BCUT2D eigenvalue weighted by atomic mass is 28.4. The Kier molecular flexibility index (Phi) is 40.4. The van der Waals surface area contributed by atoms with Crippen molar-refractivity contribution in [2.75, 3.05) is 55.4 Å². The Morgan fingerprint density at radius 2 is 0.843 bits per heavy atom. The SMILES string of the molecule is CC[Si](CC)(CC)O[C@H]([C@H](C)CC=O)[C@@H]1C(=O)N[C@@H]([C@@H](C)O[Si](CC)(CC)CC)C(=O)N(C)CC(=O)CN(C)[C@@H](CC(C)C)C(=O)N[C@H](CC(C)C)C(=O)N(C)[C@H](CC(C)C)C(=O)N[C@@H](C)C(=O)O[C@@H](C(C)C)C(=O)N(C)[C@H](CC(C)C)C(=O)N[C@@H](CC(C)C)C(=O)N(C)[C@H](C(C)C)C(=O)N1C. The molecule has 1 saturated heterocycles. The van der Waals surface area contributed by atoms with E-state index in [1.807, 2.05) is 111 Å². The van der Waals surface area contributed by atoms with Crippen LogP contribution in [-0.2, 0) is 71.1 Å². The average molecular weight is 1480 g/mol. The molecule has 0 spiro atoms. The van der Waals surface area contributed by atoms with Gasteiger partial charge in [-0.25, -0.2) is 4.79 Å². The first-order valence-corrected chi connectivity index (χ1v) is 43.1. The minimum Gasteiger partial charge on any atom is -0.450 e. The van der Waals surface area contributed by atoms with Crippen LogP contribution in [0.5, 0.6) is 0 Å². The second-order valence-electron chi connectivity index (χ2n) is 32.0. The van der Waals surface area contributed by atoms with Gasteiger partial charge in [0.2, 0.25) is 47.3 Å². The Morgan fingerprint density at radius 1 is 0.451 bits per heavy atom. The number of ketones is 1. The molecule has 1 rings (SSSR count). The lowest BCUT2D eigenvalue weighted by atomic mass is 9.91. The Morgan fingerprint density at radius 3 is 1.25 bits per heavy atom. The number of carbonyl (C=O) groups excluding carboxylic acids is 12. The van der Waals surface area contributed by atoms with Gasteiger partial charge in [-0.2, -0.15) is 0 Å². The number of likely N-dealkylation sites (N-methyl/N-ethyl adjacent to an activating group) is 6. The van der Waals surface area contributed by atoms with Crippen molar-refractivity contribution in [3.63, 3.8) is 0 Å². The van der Waals surface area contributed by atoms with Crippen LogP contribution in [0.25, 0.3) is 0 Å². The Balaban J connectivity index is 4.78. The summed E-state index contributed by atoms with van der Waals surface area (Å²) in [7, 11) is 3.47. The van der Waals surface area contributed by atoms with Gasteiger partial charge in [0.15, 0.2) is 28.5 Å². The van der Waals surface area contributed by atoms with Gasteiger partial charge in [0, 0.05) is 41.7 Å². The molecular formula is C75H140N10O15Si2. The fourth-order valence-electron chi connectivity index (χ4n) is 13.8. The highest BCUT2D eigenvalue weighted by molar-refractivity contribution is 6.74. The zero-order valence-corrected chi connectivity index (χ0v) is 70.3. The van der Waals surface area contributed by atoms with E-state index in [1.54, 1.807) is 53.5 Å². The first-order chi connectivity index (χ1) is 47.3. The van der Waals surface area contributed by atoms with Crippen LogP contribution in [-0.4, -0.2) is 245 Å². The summed E-state index contributed by atoms with van der Waals surface area (Å²) < 4.78 is 20.3. The van der Waals surface area contributed by atoms with Gasteiger partial charge in [-0.1, -0.05) is 145 Å². The number of nitrogens with one attached hydrogen (secondary N) is 4. The third-order valence-electron chi connectivity index (χ3n) is 20.6. The monoisotopic (exact) mass is 1480 g/mol. The standard InChI is InChI=1S/C75H140N10O15Si2/c1-30-101(31-2,32-3)99-54(23)61-72(94)81(25)44-55(87)43-80(24)58(40-47(11)12)66(88)77-56(38-45(7)8)70(92)82(26)59(41-48(13)14)67(89)76-53(22)75(97)98-64(51(19)20)74(96)83(27)60(42-49(15)16)68(90)78-57(39-46(9)10)71(93)84(28)62(50(17)18)73(95)85(29)63(69(91)79-61)65(52(21)36-37-86)100-102(33-4,34-5)35-6/h37,45-54,56-65H,30-36,38-44H2,1-29H3,(H,76,89)(H,77,88)(H,78,90)(H,79,91)/t52-,53+,54-,56-,57+,58+,59-,60-,61+,62-,63-,64+,65-/m1/s1. The summed E-state index contributed by atoms with van der Waals surface area (Å²) in [5, 5.41) is 11.7. The maximum Gasteiger partial charge on any atom is 0.329 e. The summed E-state index contributed by atoms with van der Waals surface area (Å²) in [5.74, 6) is -10.3. The van der Waals surface area contributed by atoms with Crippen LogP contribution in [0.4, 0.5) is 0 Å². The maximum atomic E-state index is 16.2. The molecule has 27 heteroatoms. The molecule has 0 aromatic rings. The number of cyclic esters (lactones) is 1. The summed E-state index contributed by atoms with van der Waals surface area (Å²) in [6.45, 7) is 41.9. The van der Waals surface area contributed by atoms with Crippen molar-refractivity contribution in [2.24, 2.45) is 47.3 Å². The van der Waals surface area contributed by atoms with Gasteiger partial charge in [0.25, 0.3) is 5.91 Å². The minimum absolute atomic E-state index is 0.0767. The average Bonchev–Trinajstić information content (AvgIpc) is 0.788. The van der Waals surface area contributed by atoms with E-state index < -0.39 is 179 Å². The van der Waals surface area contributed by atoms with E-state index in [-0.39, 0.29) is 74.7 Å². The summed E-state index contributed by atoms with van der Waals surface area (Å²) >= 11 is 0. The van der Waals surface area contributed by atoms with Crippen LogP contribution in [0, 0.1) is 47.3 Å². The third kappa shape index (κ3) is 27.4. The lowest BCUT2D eigenvalue weighted by Gasteiger charge is -2.44. The fourth-order valence-corrected chi connectivity index (χ4v) is 19.7. The highest BCUT2D eigenvalue weighted by Crippen LogP contribution is 2.32. The number of hydrogen-bond donors (Lipinski definition) is 4. The van der Waals surface area contributed by atoms with E-state index in [2.05, 4.69) is 21.3 Å². The quantitative estimate of drug-likeness (QED) is 0.0343. The first-order valence-electron chi connectivity index (χ1n) is 38.0. The first kappa shape index (κ1) is 94.4. The molecule has 0 aromatic heterocycles. The van der Waals surface area contributed by atoms with Crippen molar-refractivity contribution in [2.45, 2.75) is 307 Å². The Bertz CT molecular complexity index is 2730. The molecule has 1 aliphatic rings. The molecule has 1 aliphatic heterocycles. The third-order valence-corrected chi connectivity index (χ3v) is 29.9. The van der Waals surface area contributed by atoms with Crippen LogP contribution in [0.1, 0.15) is 198 Å². The number of esters is 1. The molecule has 588 valence electrons. The smallest absolute Gasteiger partial charge is 0.329 e. The molecule has 0 aromatic carbocycles.